The van der Waals surface area contributed by atoms with Gasteiger partial charge in [0.15, 0.2) is 5.78 Å². The smallest absolute Gasteiger partial charge is 0.258 e. The number of hydrogen-bond donors (Lipinski definition) is 1. The molecule has 0 bridgehead atoms. The minimum Gasteiger partial charge on any atom is -0.360 e. The molecule has 1 atom stereocenters. The molecule has 0 saturated carbocycles. The molecule has 26 heavy (non-hydrogen) atoms. The van der Waals surface area contributed by atoms with Gasteiger partial charge in [0.2, 0.25) is 0 Å². The normalized spacial score (nSPS) is 15.8. The first kappa shape index (κ1) is 16.5. The lowest BCUT2D eigenvalue weighted by atomic mass is 10.1. The van der Waals surface area contributed by atoms with Crippen LogP contribution in [0.2, 0.25) is 0 Å². The third kappa shape index (κ3) is 2.99. The summed E-state index contributed by atoms with van der Waals surface area (Å²) in [6.45, 7) is 2.05. The number of Topliss-reactive ketones (excluding diaryl/α,β-unsaturated/α-hetero) is 1. The van der Waals surface area contributed by atoms with Gasteiger partial charge in [-0.3, -0.25) is 14.6 Å². The number of ketones is 1. The maximum atomic E-state index is 12.9. The zero-order chi connectivity index (χ0) is 18.1. The van der Waals surface area contributed by atoms with E-state index in [0.717, 1.165) is 10.6 Å². The Balaban J connectivity index is 1.69. The van der Waals surface area contributed by atoms with E-state index in [1.54, 1.807) is 46.7 Å². The highest BCUT2D eigenvalue weighted by Crippen LogP contribution is 2.34. The molecule has 0 spiro atoms. The number of aromatic nitrogens is 1. The molecule has 1 aromatic carbocycles. The fourth-order valence-electron chi connectivity index (χ4n) is 3.10. The van der Waals surface area contributed by atoms with Crippen LogP contribution in [0.3, 0.4) is 0 Å². The highest BCUT2D eigenvalue weighted by molar-refractivity contribution is 7.09. The molecule has 130 valence electrons. The maximum Gasteiger partial charge on any atom is 0.258 e. The number of benzene rings is 1. The van der Waals surface area contributed by atoms with Gasteiger partial charge in [-0.15, -0.1) is 11.3 Å². The van der Waals surface area contributed by atoms with Crippen LogP contribution in [0.1, 0.15) is 44.4 Å². The van der Waals surface area contributed by atoms with Gasteiger partial charge >= 0.3 is 0 Å². The summed E-state index contributed by atoms with van der Waals surface area (Å²) < 4.78 is 0. The second-order valence-electron chi connectivity index (χ2n) is 6.13. The Morgan fingerprint density at radius 1 is 1.23 bits per heavy atom. The van der Waals surface area contributed by atoms with Gasteiger partial charge in [-0.05, 0) is 42.6 Å². The van der Waals surface area contributed by atoms with E-state index in [1.807, 2.05) is 29.6 Å². The fourth-order valence-corrected chi connectivity index (χ4v) is 3.80. The van der Waals surface area contributed by atoms with Crippen molar-refractivity contribution in [2.45, 2.75) is 19.6 Å². The molecule has 1 aliphatic rings. The first-order valence-electron chi connectivity index (χ1n) is 8.29. The van der Waals surface area contributed by atoms with Gasteiger partial charge in [-0.25, -0.2) is 0 Å². The van der Waals surface area contributed by atoms with E-state index in [-0.39, 0.29) is 17.9 Å². The van der Waals surface area contributed by atoms with Gasteiger partial charge in [-0.1, -0.05) is 18.2 Å². The Morgan fingerprint density at radius 3 is 2.88 bits per heavy atom. The monoisotopic (exact) mass is 363 g/mol. The van der Waals surface area contributed by atoms with Crippen LogP contribution in [0.5, 0.6) is 0 Å². The topological polar surface area (TPSA) is 62.3 Å². The summed E-state index contributed by atoms with van der Waals surface area (Å²) in [7, 11) is 0. The van der Waals surface area contributed by atoms with E-state index in [9.17, 15) is 9.59 Å². The van der Waals surface area contributed by atoms with Crippen LogP contribution in [0.15, 0.2) is 60.1 Å². The van der Waals surface area contributed by atoms with Gasteiger partial charge in [0.1, 0.15) is 6.17 Å². The average Bonchev–Trinajstić information content (AvgIpc) is 3.25. The van der Waals surface area contributed by atoms with Crippen LogP contribution in [0.4, 0.5) is 5.69 Å². The number of carbonyl (C=O) groups is 2. The number of nitrogens with one attached hydrogen (secondary N) is 1. The van der Waals surface area contributed by atoms with Crippen molar-refractivity contribution in [1.29, 1.82) is 0 Å². The Hall–Kier alpha value is -2.99. The SMILES string of the molecule is CC(=O)c1cccc(N[C@H]2c3ncccc3C(=O)N2Cc2cccs2)c1. The number of hydrogen-bond acceptors (Lipinski definition) is 5. The molecule has 0 fully saturated rings. The molecule has 0 saturated heterocycles. The van der Waals surface area contributed by atoms with Crippen molar-refractivity contribution in [3.63, 3.8) is 0 Å². The minimum absolute atomic E-state index is 0.00474. The molecule has 6 heteroatoms. The molecule has 1 amide bonds. The second-order valence-corrected chi connectivity index (χ2v) is 7.16. The van der Waals surface area contributed by atoms with Crippen molar-refractivity contribution in [2.24, 2.45) is 0 Å². The van der Waals surface area contributed by atoms with Crippen molar-refractivity contribution in [1.82, 2.24) is 9.88 Å². The molecule has 5 nitrogen and oxygen atoms in total. The number of pyridine rings is 1. The molecule has 1 N–H and O–H groups in total. The maximum absolute atomic E-state index is 12.9. The molecule has 0 aliphatic carbocycles. The van der Waals surface area contributed by atoms with E-state index < -0.39 is 0 Å². The van der Waals surface area contributed by atoms with E-state index in [0.29, 0.717) is 23.4 Å². The van der Waals surface area contributed by atoms with Gasteiger partial charge in [0.25, 0.3) is 5.91 Å². The lowest BCUT2D eigenvalue weighted by Crippen LogP contribution is -2.31. The largest absolute Gasteiger partial charge is 0.360 e. The van der Waals surface area contributed by atoms with Crippen LogP contribution in [-0.4, -0.2) is 21.6 Å². The van der Waals surface area contributed by atoms with Crippen LogP contribution >= 0.6 is 11.3 Å². The molecular weight excluding hydrogens is 346 g/mol. The summed E-state index contributed by atoms with van der Waals surface area (Å²) in [6.07, 6.45) is 1.32. The molecule has 1 aliphatic heterocycles. The Bertz CT molecular complexity index is 969. The van der Waals surface area contributed by atoms with Crippen molar-refractivity contribution < 1.29 is 9.59 Å². The first-order chi connectivity index (χ1) is 12.6. The lowest BCUT2D eigenvalue weighted by molar-refractivity contribution is 0.0729. The van der Waals surface area contributed by atoms with E-state index in [1.165, 1.54) is 6.92 Å². The van der Waals surface area contributed by atoms with Gasteiger partial charge in [0, 0.05) is 22.3 Å². The molecule has 3 aromatic rings. The highest BCUT2D eigenvalue weighted by Gasteiger charge is 2.38. The molecule has 2 aromatic heterocycles. The van der Waals surface area contributed by atoms with Crippen LogP contribution in [-0.2, 0) is 6.54 Å². The Kier molecular flexibility index (Phi) is 4.26. The third-order valence-electron chi connectivity index (χ3n) is 4.38. The Morgan fingerprint density at radius 2 is 2.12 bits per heavy atom. The van der Waals surface area contributed by atoms with Gasteiger partial charge in [0.05, 0.1) is 17.8 Å². The summed E-state index contributed by atoms with van der Waals surface area (Å²) >= 11 is 1.62. The molecule has 3 heterocycles. The predicted octanol–water partition coefficient (Wildman–Crippen LogP) is 4.11. The van der Waals surface area contributed by atoms with Gasteiger partial charge < -0.3 is 10.2 Å². The van der Waals surface area contributed by atoms with Crippen molar-refractivity contribution in [3.8, 4) is 0 Å². The molecular formula is C20H17N3O2S. The van der Waals surface area contributed by atoms with Crippen molar-refractivity contribution in [3.05, 3.63) is 81.8 Å². The molecule has 0 unspecified atom stereocenters. The number of nitrogens with zero attached hydrogens (tertiary/aromatic N) is 2. The van der Waals surface area contributed by atoms with E-state index >= 15 is 0 Å². The number of rotatable bonds is 5. The third-order valence-corrected chi connectivity index (χ3v) is 5.24. The second kappa shape index (κ2) is 6.72. The predicted molar refractivity (Wildman–Crippen MR) is 101 cm³/mol. The summed E-state index contributed by atoms with van der Waals surface area (Å²) in [6, 6.07) is 14.9. The fraction of sp³-hybridized carbons (Fsp3) is 0.150. The van der Waals surface area contributed by atoms with Crippen LogP contribution in [0, 0.1) is 0 Å². The summed E-state index contributed by atoms with van der Waals surface area (Å²) in [5.41, 5.74) is 2.74. The lowest BCUT2D eigenvalue weighted by Gasteiger charge is -2.26. The minimum atomic E-state index is -0.372. The first-order valence-corrected chi connectivity index (χ1v) is 9.17. The number of fused-ring (bicyclic) bond motifs is 1. The standard InChI is InChI=1S/C20H17N3O2S/c1-13(24)14-5-2-6-15(11-14)22-19-18-17(8-3-9-21-18)20(25)23(19)12-16-7-4-10-26-16/h2-11,19,22H,12H2,1H3/t19-/m1/s1. The Labute approximate surface area is 155 Å². The quantitative estimate of drug-likeness (QED) is 0.693. The van der Waals surface area contributed by atoms with Crippen LogP contribution < -0.4 is 5.32 Å². The number of thiophene rings is 1. The zero-order valence-electron chi connectivity index (χ0n) is 14.2. The number of amides is 1. The van der Waals surface area contributed by atoms with Crippen molar-refractivity contribution >= 4 is 28.7 Å². The summed E-state index contributed by atoms with van der Waals surface area (Å²) in [5.74, 6) is -0.0353. The van der Waals surface area contributed by atoms with Gasteiger partial charge in [-0.2, -0.15) is 0 Å². The van der Waals surface area contributed by atoms with E-state index in [4.69, 9.17) is 0 Å². The summed E-state index contributed by atoms with van der Waals surface area (Å²) in [4.78, 5) is 31.9. The average molecular weight is 363 g/mol. The molecule has 4 rings (SSSR count). The summed E-state index contributed by atoms with van der Waals surface area (Å²) in [5, 5.41) is 5.38. The zero-order valence-corrected chi connectivity index (χ0v) is 15.0. The number of anilines is 1. The van der Waals surface area contributed by atoms with Crippen LogP contribution in [0.25, 0.3) is 0 Å². The number of carbonyl (C=O) groups excluding carboxylic acids is 2. The van der Waals surface area contributed by atoms with E-state index in [2.05, 4.69) is 10.3 Å². The molecule has 0 radical (unpaired) electrons. The van der Waals surface area contributed by atoms with Crippen molar-refractivity contribution in [2.75, 3.05) is 5.32 Å². The highest BCUT2D eigenvalue weighted by atomic mass is 32.1.